The first-order valence-electron chi connectivity index (χ1n) is 3.56. The van der Waals surface area contributed by atoms with Gasteiger partial charge in [0.25, 0.3) is 10.1 Å². The molecule has 2 radical (unpaired) electrons. The van der Waals surface area contributed by atoms with Crippen LogP contribution in [-0.2, 0) is 19.6 Å². The minimum absolute atomic E-state index is 0. The number of hydrogen-bond donors (Lipinski definition) is 1. The van der Waals surface area contributed by atoms with E-state index < -0.39 is 10.1 Å². The maximum absolute atomic E-state index is 10.5. The van der Waals surface area contributed by atoms with E-state index in [0.29, 0.717) is 0 Å². The summed E-state index contributed by atoms with van der Waals surface area (Å²) in [7, 11) is -3.92. The van der Waals surface area contributed by atoms with Crippen molar-refractivity contribution < 1.29 is 22.5 Å². The van der Waals surface area contributed by atoms with E-state index >= 15 is 0 Å². The summed E-state index contributed by atoms with van der Waals surface area (Å²) < 4.78 is 33.2. The molecule has 0 saturated heterocycles. The molecule has 0 fully saturated rings. The van der Waals surface area contributed by atoms with E-state index in [2.05, 4.69) is 4.74 Å². The summed E-state index contributed by atoms with van der Waals surface area (Å²) in [4.78, 5) is 10.5. The molecule has 13 heavy (non-hydrogen) atoms. The Balaban J connectivity index is 0. The van der Waals surface area contributed by atoms with Gasteiger partial charge in [-0.2, -0.15) is 8.42 Å². The molecule has 7 heteroatoms. The predicted molar refractivity (Wildman–Crippen MR) is 48.0 cm³/mol. The van der Waals surface area contributed by atoms with Crippen molar-refractivity contribution in [3.63, 3.8) is 0 Å². The minimum atomic E-state index is -3.92. The van der Waals surface area contributed by atoms with Gasteiger partial charge in [0.15, 0.2) is 0 Å². The van der Waals surface area contributed by atoms with Gasteiger partial charge in [-0.25, -0.2) is 0 Å². The molecule has 0 spiro atoms. The summed E-state index contributed by atoms with van der Waals surface area (Å²) in [5.41, 5.74) is 0. The Morgan fingerprint density at radius 2 is 2.00 bits per heavy atom. The topological polar surface area (TPSA) is 80.7 Å². The minimum Gasteiger partial charge on any atom is -0.466 e. The van der Waals surface area contributed by atoms with Crippen LogP contribution in [0.15, 0.2) is 0 Å². The third-order valence-electron chi connectivity index (χ3n) is 1.10. The van der Waals surface area contributed by atoms with Crippen LogP contribution in [0.1, 0.15) is 19.8 Å². The van der Waals surface area contributed by atoms with Crippen LogP contribution in [0.2, 0.25) is 0 Å². The van der Waals surface area contributed by atoms with Gasteiger partial charge in [0, 0.05) is 44.2 Å². The molecular formula is C6H12CaO5S. The number of hydrogen-bond acceptors (Lipinski definition) is 4. The van der Waals surface area contributed by atoms with Crippen molar-refractivity contribution in [2.24, 2.45) is 0 Å². The maximum Gasteiger partial charge on any atom is 0.305 e. The van der Waals surface area contributed by atoms with Crippen molar-refractivity contribution in [3.05, 3.63) is 0 Å². The third-order valence-corrected chi connectivity index (χ3v) is 1.90. The van der Waals surface area contributed by atoms with Crippen LogP contribution >= 0.6 is 0 Å². The standard InChI is InChI=1S/C6H12O5S.Ca/c1-2-6(7)11-4-3-5-12(8,9)10;/h2-5H2,1H3,(H,8,9,10);. The zero-order valence-corrected chi connectivity index (χ0v) is 10.5. The maximum atomic E-state index is 10.5. The average Bonchev–Trinajstić information content (AvgIpc) is 1.96. The summed E-state index contributed by atoms with van der Waals surface area (Å²) in [6.45, 7) is 1.68. The fourth-order valence-corrected chi connectivity index (χ4v) is 1.01. The molecule has 0 rings (SSSR count). The van der Waals surface area contributed by atoms with E-state index in [0.717, 1.165) is 0 Å². The van der Waals surface area contributed by atoms with E-state index in [1.54, 1.807) is 6.92 Å². The van der Waals surface area contributed by atoms with Crippen LogP contribution in [-0.4, -0.2) is 69.0 Å². The summed E-state index contributed by atoms with van der Waals surface area (Å²) in [6, 6.07) is 0. The number of ether oxygens (including phenoxy) is 1. The summed E-state index contributed by atoms with van der Waals surface area (Å²) >= 11 is 0. The molecule has 1 N–H and O–H groups in total. The van der Waals surface area contributed by atoms with Crippen molar-refractivity contribution in [1.29, 1.82) is 0 Å². The van der Waals surface area contributed by atoms with Gasteiger partial charge in [-0.15, -0.1) is 0 Å². The quantitative estimate of drug-likeness (QED) is 0.310. The Hall–Kier alpha value is 0.640. The van der Waals surface area contributed by atoms with Gasteiger partial charge in [-0.05, 0) is 6.42 Å². The van der Waals surface area contributed by atoms with Crippen LogP contribution in [0.3, 0.4) is 0 Å². The van der Waals surface area contributed by atoms with Crippen molar-refractivity contribution >= 4 is 53.8 Å². The van der Waals surface area contributed by atoms with Crippen LogP contribution in [0.5, 0.6) is 0 Å². The van der Waals surface area contributed by atoms with E-state index in [-0.39, 0.29) is 68.9 Å². The van der Waals surface area contributed by atoms with Gasteiger partial charge in [0.1, 0.15) is 0 Å². The Labute approximate surface area is 108 Å². The van der Waals surface area contributed by atoms with Crippen molar-refractivity contribution in [3.8, 4) is 0 Å². The monoisotopic (exact) mass is 236 g/mol. The summed E-state index contributed by atoms with van der Waals surface area (Å²) in [6.07, 6.45) is 0.399. The molecule has 0 aliphatic heterocycles. The van der Waals surface area contributed by atoms with E-state index in [1.807, 2.05) is 0 Å². The molecule has 0 aromatic carbocycles. The Morgan fingerprint density at radius 1 is 1.46 bits per heavy atom. The second kappa shape index (κ2) is 7.99. The van der Waals surface area contributed by atoms with Crippen LogP contribution in [0, 0.1) is 0 Å². The zero-order chi connectivity index (χ0) is 9.61. The van der Waals surface area contributed by atoms with Gasteiger partial charge < -0.3 is 4.74 Å². The molecule has 0 aromatic rings. The fourth-order valence-electron chi connectivity index (χ4n) is 0.529. The molecule has 0 aliphatic rings. The molecular weight excluding hydrogens is 224 g/mol. The predicted octanol–water partition coefficient (Wildman–Crippen LogP) is -0.163. The number of rotatable bonds is 5. The fraction of sp³-hybridized carbons (Fsp3) is 0.833. The van der Waals surface area contributed by atoms with Crippen LogP contribution in [0.4, 0.5) is 0 Å². The average molecular weight is 236 g/mol. The molecule has 74 valence electrons. The first-order valence-corrected chi connectivity index (χ1v) is 5.17. The second-order valence-electron chi connectivity index (χ2n) is 2.21. The number of esters is 1. The molecule has 5 nitrogen and oxygen atoms in total. The van der Waals surface area contributed by atoms with Gasteiger partial charge in [0.2, 0.25) is 0 Å². The molecule has 0 saturated carbocycles. The first-order chi connectivity index (χ1) is 5.45. The van der Waals surface area contributed by atoms with Crippen LogP contribution in [0.25, 0.3) is 0 Å². The summed E-state index contributed by atoms with van der Waals surface area (Å²) in [5.74, 6) is -0.741. The molecule has 0 aliphatic carbocycles. The SMILES string of the molecule is CCC(=O)OCCCS(=O)(=O)O.[Ca]. The normalized spacial score (nSPS) is 10.3. The van der Waals surface area contributed by atoms with Crippen molar-refractivity contribution in [1.82, 2.24) is 0 Å². The molecule has 0 unspecified atom stereocenters. The van der Waals surface area contributed by atoms with Crippen molar-refractivity contribution in [2.75, 3.05) is 12.4 Å². The molecule has 0 aromatic heterocycles. The summed E-state index contributed by atoms with van der Waals surface area (Å²) in [5, 5.41) is 0. The Morgan fingerprint density at radius 3 is 2.38 bits per heavy atom. The number of carbonyl (C=O) groups excluding carboxylic acids is 1. The number of carbonyl (C=O) groups is 1. The molecule has 0 bridgehead atoms. The van der Waals surface area contributed by atoms with Gasteiger partial charge >= 0.3 is 5.97 Å². The molecule has 0 heterocycles. The molecule has 0 amide bonds. The zero-order valence-electron chi connectivity index (χ0n) is 7.52. The van der Waals surface area contributed by atoms with E-state index in [1.165, 1.54) is 0 Å². The Kier molecular flexibility index (Phi) is 9.89. The van der Waals surface area contributed by atoms with Crippen molar-refractivity contribution in [2.45, 2.75) is 19.8 Å². The van der Waals surface area contributed by atoms with Gasteiger partial charge in [-0.3, -0.25) is 9.35 Å². The van der Waals surface area contributed by atoms with E-state index in [9.17, 15) is 13.2 Å². The van der Waals surface area contributed by atoms with Gasteiger partial charge in [0.05, 0.1) is 12.4 Å². The van der Waals surface area contributed by atoms with E-state index in [4.69, 9.17) is 4.55 Å². The third kappa shape index (κ3) is 12.6. The second-order valence-corrected chi connectivity index (χ2v) is 3.79. The van der Waals surface area contributed by atoms with Gasteiger partial charge in [-0.1, -0.05) is 6.92 Å². The van der Waals surface area contributed by atoms with Crippen LogP contribution < -0.4 is 0 Å². The first kappa shape index (κ1) is 16.1. The smallest absolute Gasteiger partial charge is 0.305 e. The molecule has 0 atom stereocenters. The Bertz CT molecular complexity index is 235. The largest absolute Gasteiger partial charge is 0.466 e.